The van der Waals surface area contributed by atoms with E-state index in [1.54, 1.807) is 11.3 Å². The first-order valence-corrected chi connectivity index (χ1v) is 6.85. The quantitative estimate of drug-likeness (QED) is 0.873. The van der Waals surface area contributed by atoms with Crippen molar-refractivity contribution in [1.29, 1.82) is 0 Å². The number of thiazole rings is 1. The van der Waals surface area contributed by atoms with Gasteiger partial charge in [0.05, 0.1) is 5.69 Å². The first-order chi connectivity index (χ1) is 7.29. The third-order valence-electron chi connectivity index (χ3n) is 3.33. The van der Waals surface area contributed by atoms with Gasteiger partial charge in [-0.05, 0) is 11.8 Å². The van der Waals surface area contributed by atoms with E-state index in [-0.39, 0.29) is 5.41 Å². The molecular weight excluding hydrogens is 216 g/mol. The molecule has 1 N–H and O–H groups in total. The summed E-state index contributed by atoms with van der Waals surface area (Å²) in [4.78, 5) is 4.69. The summed E-state index contributed by atoms with van der Waals surface area (Å²) in [6.45, 7) is 12.2. The normalized spacial score (nSPS) is 23.4. The Morgan fingerprint density at radius 1 is 1.50 bits per heavy atom. The molecule has 0 radical (unpaired) electrons. The molecule has 16 heavy (non-hydrogen) atoms. The van der Waals surface area contributed by atoms with Crippen LogP contribution in [0.4, 0.5) is 0 Å². The highest BCUT2D eigenvalue weighted by Gasteiger charge is 2.45. The van der Waals surface area contributed by atoms with Gasteiger partial charge in [0.15, 0.2) is 0 Å². The molecule has 0 aromatic carbocycles. The average Bonchev–Trinajstić information content (AvgIpc) is 2.63. The third-order valence-corrected chi connectivity index (χ3v) is 4.18. The number of aromatic nitrogens is 1. The molecule has 1 aromatic rings. The Hall–Kier alpha value is -0.410. The lowest BCUT2D eigenvalue weighted by Crippen LogP contribution is -2.20. The van der Waals surface area contributed by atoms with Crippen LogP contribution in [0.15, 0.2) is 5.38 Å². The smallest absolute Gasteiger partial charge is 0.107 e. The van der Waals surface area contributed by atoms with Crippen LogP contribution in [0, 0.1) is 5.41 Å². The van der Waals surface area contributed by atoms with Crippen LogP contribution in [0.2, 0.25) is 0 Å². The van der Waals surface area contributed by atoms with Gasteiger partial charge >= 0.3 is 0 Å². The average molecular weight is 238 g/mol. The maximum Gasteiger partial charge on any atom is 0.107 e. The molecule has 0 amide bonds. The Labute approximate surface area is 102 Å². The highest BCUT2D eigenvalue weighted by molar-refractivity contribution is 7.09. The van der Waals surface area contributed by atoms with Crippen LogP contribution in [-0.2, 0) is 12.0 Å². The van der Waals surface area contributed by atoms with Crippen LogP contribution < -0.4 is 5.32 Å². The summed E-state index contributed by atoms with van der Waals surface area (Å²) in [5, 5.41) is 6.98. The van der Waals surface area contributed by atoms with Crippen molar-refractivity contribution in [2.75, 3.05) is 0 Å². The molecule has 1 heterocycles. The summed E-state index contributed by atoms with van der Waals surface area (Å²) in [5.74, 6) is 0. The highest BCUT2D eigenvalue weighted by Crippen LogP contribution is 2.44. The van der Waals surface area contributed by atoms with E-state index >= 15 is 0 Å². The molecule has 0 bridgehead atoms. The Bertz CT molecular complexity index is 374. The second-order valence-electron chi connectivity index (χ2n) is 6.50. The van der Waals surface area contributed by atoms with Crippen molar-refractivity contribution in [2.45, 2.75) is 59.0 Å². The molecule has 1 fully saturated rings. The lowest BCUT2D eigenvalue weighted by molar-refractivity contribution is 0.536. The van der Waals surface area contributed by atoms with Gasteiger partial charge in [-0.25, -0.2) is 4.98 Å². The number of rotatable bonds is 3. The van der Waals surface area contributed by atoms with Crippen molar-refractivity contribution in [1.82, 2.24) is 10.3 Å². The fourth-order valence-corrected chi connectivity index (χ4v) is 2.73. The van der Waals surface area contributed by atoms with Crippen molar-refractivity contribution in [2.24, 2.45) is 5.41 Å². The SMILES string of the molecule is CC(C)(C)c1csc(CNC2CC2(C)C)n1. The van der Waals surface area contributed by atoms with Crippen molar-refractivity contribution in [3.05, 3.63) is 16.1 Å². The molecule has 2 nitrogen and oxygen atoms in total. The van der Waals surface area contributed by atoms with Crippen molar-refractivity contribution in [3.63, 3.8) is 0 Å². The topological polar surface area (TPSA) is 24.9 Å². The molecule has 0 aliphatic heterocycles. The summed E-state index contributed by atoms with van der Waals surface area (Å²) >= 11 is 1.77. The number of nitrogens with one attached hydrogen (secondary N) is 1. The Kier molecular flexibility index (Phi) is 2.87. The van der Waals surface area contributed by atoms with Crippen LogP contribution in [0.5, 0.6) is 0 Å². The first-order valence-electron chi connectivity index (χ1n) is 5.97. The largest absolute Gasteiger partial charge is 0.307 e. The van der Waals surface area contributed by atoms with Gasteiger partial charge in [0.1, 0.15) is 5.01 Å². The van der Waals surface area contributed by atoms with Crippen molar-refractivity contribution >= 4 is 11.3 Å². The van der Waals surface area contributed by atoms with E-state index in [9.17, 15) is 0 Å². The maximum atomic E-state index is 4.69. The summed E-state index contributed by atoms with van der Waals surface area (Å²) in [6.07, 6.45) is 1.30. The second kappa shape index (κ2) is 3.81. The van der Waals surface area contributed by atoms with E-state index in [2.05, 4.69) is 50.3 Å². The molecule has 1 atom stereocenters. The minimum atomic E-state index is 0.174. The summed E-state index contributed by atoms with van der Waals surface area (Å²) in [5.41, 5.74) is 1.89. The van der Waals surface area contributed by atoms with Crippen LogP contribution in [0.3, 0.4) is 0 Å². The fourth-order valence-electron chi connectivity index (χ4n) is 1.76. The number of hydrogen-bond acceptors (Lipinski definition) is 3. The molecule has 90 valence electrons. The molecule has 3 heteroatoms. The standard InChI is InChI=1S/C13H22N2S/c1-12(2,3)10-8-16-11(15-10)7-14-9-6-13(9,4)5/h8-9,14H,6-7H2,1-5H3. The van der Waals surface area contributed by atoms with E-state index in [4.69, 9.17) is 0 Å². The summed E-state index contributed by atoms with van der Waals surface area (Å²) < 4.78 is 0. The minimum absolute atomic E-state index is 0.174. The zero-order valence-corrected chi connectivity index (χ0v) is 11.7. The van der Waals surface area contributed by atoms with Gasteiger partial charge in [-0.1, -0.05) is 34.6 Å². The third kappa shape index (κ3) is 2.64. The number of hydrogen-bond donors (Lipinski definition) is 1. The summed E-state index contributed by atoms with van der Waals surface area (Å²) in [6, 6.07) is 0.689. The van der Waals surface area contributed by atoms with Crippen LogP contribution in [0.1, 0.15) is 51.7 Å². The molecule has 0 spiro atoms. The molecule has 1 aliphatic rings. The van der Waals surface area contributed by atoms with Gasteiger partial charge in [0, 0.05) is 23.4 Å². The Morgan fingerprint density at radius 2 is 2.12 bits per heavy atom. The Balaban J connectivity index is 1.89. The van der Waals surface area contributed by atoms with Gasteiger partial charge in [-0.15, -0.1) is 11.3 Å². The van der Waals surface area contributed by atoms with E-state index in [1.807, 2.05) is 0 Å². The minimum Gasteiger partial charge on any atom is -0.307 e. The molecule has 2 rings (SSSR count). The van der Waals surface area contributed by atoms with Gasteiger partial charge in [0.25, 0.3) is 0 Å². The lowest BCUT2D eigenvalue weighted by atomic mass is 9.93. The predicted molar refractivity (Wildman–Crippen MR) is 69.8 cm³/mol. The zero-order chi connectivity index (χ0) is 12.0. The van der Waals surface area contributed by atoms with Crippen LogP contribution in [0.25, 0.3) is 0 Å². The zero-order valence-electron chi connectivity index (χ0n) is 10.9. The predicted octanol–water partition coefficient (Wildman–Crippen LogP) is 3.33. The van der Waals surface area contributed by atoms with E-state index in [1.165, 1.54) is 17.1 Å². The number of nitrogens with zero attached hydrogens (tertiary/aromatic N) is 1. The first kappa shape index (κ1) is 12.1. The fraction of sp³-hybridized carbons (Fsp3) is 0.769. The van der Waals surface area contributed by atoms with Crippen molar-refractivity contribution < 1.29 is 0 Å². The van der Waals surface area contributed by atoms with Gasteiger partial charge in [-0.2, -0.15) is 0 Å². The molecule has 0 saturated heterocycles. The van der Waals surface area contributed by atoms with Gasteiger partial charge < -0.3 is 5.32 Å². The van der Waals surface area contributed by atoms with Crippen LogP contribution >= 0.6 is 11.3 Å². The molecule has 1 unspecified atom stereocenters. The van der Waals surface area contributed by atoms with Gasteiger partial charge in [-0.3, -0.25) is 0 Å². The lowest BCUT2D eigenvalue weighted by Gasteiger charge is -2.14. The highest BCUT2D eigenvalue weighted by atomic mass is 32.1. The van der Waals surface area contributed by atoms with E-state index in [0.29, 0.717) is 11.5 Å². The van der Waals surface area contributed by atoms with E-state index < -0.39 is 0 Å². The van der Waals surface area contributed by atoms with E-state index in [0.717, 1.165) is 6.54 Å². The Morgan fingerprint density at radius 3 is 2.56 bits per heavy atom. The molecule has 1 saturated carbocycles. The van der Waals surface area contributed by atoms with Gasteiger partial charge in [0.2, 0.25) is 0 Å². The molecule has 1 aliphatic carbocycles. The monoisotopic (exact) mass is 238 g/mol. The van der Waals surface area contributed by atoms with Crippen LogP contribution in [-0.4, -0.2) is 11.0 Å². The van der Waals surface area contributed by atoms with Crippen molar-refractivity contribution in [3.8, 4) is 0 Å². The summed E-state index contributed by atoms with van der Waals surface area (Å²) in [7, 11) is 0. The second-order valence-corrected chi connectivity index (χ2v) is 7.45. The molecular formula is C13H22N2S. The molecule has 1 aromatic heterocycles. The maximum absolute atomic E-state index is 4.69.